The summed E-state index contributed by atoms with van der Waals surface area (Å²) in [5, 5.41) is 11.7. The zero-order valence-corrected chi connectivity index (χ0v) is 14.6. The van der Waals surface area contributed by atoms with Crippen LogP contribution in [0, 0.1) is 5.92 Å². The van der Waals surface area contributed by atoms with Gasteiger partial charge in [0.1, 0.15) is 12.4 Å². The molecular weight excluding hydrogens is 324 g/mol. The summed E-state index contributed by atoms with van der Waals surface area (Å²) in [5.74, 6) is 0.464. The number of fused-ring (bicyclic) bond motifs is 1. The molecule has 9 nitrogen and oxygen atoms in total. The molecule has 1 atom stereocenters. The van der Waals surface area contributed by atoms with Gasteiger partial charge in [0.05, 0.1) is 0 Å². The lowest BCUT2D eigenvalue weighted by atomic mass is 10.1. The first-order valence-electron chi connectivity index (χ1n) is 8.34. The molecule has 0 aliphatic carbocycles. The van der Waals surface area contributed by atoms with E-state index in [1.807, 2.05) is 4.90 Å². The maximum Gasteiger partial charge on any atom is 0.261 e. The molecule has 0 spiro atoms. The van der Waals surface area contributed by atoms with E-state index < -0.39 is 6.04 Å². The van der Waals surface area contributed by atoms with Crippen molar-refractivity contribution >= 4 is 17.5 Å². The fourth-order valence-corrected chi connectivity index (χ4v) is 2.90. The Morgan fingerprint density at radius 2 is 2.16 bits per heavy atom. The number of carbonyl (C=O) groups is 2. The summed E-state index contributed by atoms with van der Waals surface area (Å²) in [5.41, 5.74) is 0.596. The predicted octanol–water partition coefficient (Wildman–Crippen LogP) is 0.218. The van der Waals surface area contributed by atoms with E-state index in [4.69, 9.17) is 4.74 Å². The predicted molar refractivity (Wildman–Crippen MR) is 88.9 cm³/mol. The lowest BCUT2D eigenvalue weighted by Gasteiger charge is -2.39. The molecule has 1 aliphatic heterocycles. The van der Waals surface area contributed by atoms with Crippen LogP contribution >= 0.6 is 0 Å². The van der Waals surface area contributed by atoms with E-state index in [-0.39, 0.29) is 18.4 Å². The van der Waals surface area contributed by atoms with Crippen LogP contribution in [0.25, 0.3) is 5.65 Å². The monoisotopic (exact) mass is 346 g/mol. The van der Waals surface area contributed by atoms with Crippen molar-refractivity contribution in [3.8, 4) is 5.88 Å². The molecule has 2 aromatic rings. The van der Waals surface area contributed by atoms with Crippen molar-refractivity contribution < 1.29 is 14.3 Å². The van der Waals surface area contributed by atoms with Gasteiger partial charge in [0.15, 0.2) is 12.3 Å². The number of ether oxygens (including phenoxy) is 1. The van der Waals surface area contributed by atoms with E-state index in [2.05, 4.69) is 29.1 Å². The molecule has 0 bridgehead atoms. The van der Waals surface area contributed by atoms with Gasteiger partial charge in [0.25, 0.3) is 5.91 Å². The Kier molecular flexibility index (Phi) is 4.82. The standard InChI is InChI=1S/C16H22N6O3/c1-11(2)8-20-6-7-21(12(3)16(20)24)15(23)9-25-14-5-4-13-18-17-10-22(13)19-14/h4-5,10-12H,6-9H2,1-3H3. The van der Waals surface area contributed by atoms with E-state index in [1.54, 1.807) is 24.0 Å². The minimum absolute atomic E-state index is 0.0164. The Labute approximate surface area is 145 Å². The molecule has 3 heterocycles. The summed E-state index contributed by atoms with van der Waals surface area (Å²) >= 11 is 0. The van der Waals surface area contributed by atoms with Gasteiger partial charge in [-0.25, -0.2) is 0 Å². The minimum Gasteiger partial charge on any atom is -0.467 e. The second kappa shape index (κ2) is 7.04. The normalized spacial score (nSPS) is 18.2. The number of rotatable bonds is 5. The van der Waals surface area contributed by atoms with Crippen molar-refractivity contribution in [2.45, 2.75) is 26.8 Å². The summed E-state index contributed by atoms with van der Waals surface area (Å²) in [4.78, 5) is 28.3. The molecule has 1 saturated heterocycles. The number of amides is 2. The van der Waals surface area contributed by atoms with Crippen LogP contribution < -0.4 is 4.74 Å². The average Bonchev–Trinajstić information content (AvgIpc) is 3.04. The third-order valence-electron chi connectivity index (χ3n) is 4.13. The summed E-state index contributed by atoms with van der Waals surface area (Å²) in [6.45, 7) is 7.52. The maximum atomic E-state index is 12.4. The summed E-state index contributed by atoms with van der Waals surface area (Å²) in [7, 11) is 0. The van der Waals surface area contributed by atoms with Crippen LogP contribution in [0.4, 0.5) is 0 Å². The lowest BCUT2D eigenvalue weighted by molar-refractivity contribution is -0.152. The molecule has 9 heteroatoms. The SMILES string of the molecule is CC(C)CN1CCN(C(=O)COc2ccc3nncn3n2)C(C)C1=O. The Morgan fingerprint density at radius 1 is 1.36 bits per heavy atom. The highest BCUT2D eigenvalue weighted by Gasteiger charge is 2.34. The topological polar surface area (TPSA) is 92.9 Å². The Hall–Kier alpha value is -2.71. The molecule has 0 N–H and O–H groups in total. The smallest absolute Gasteiger partial charge is 0.261 e. The van der Waals surface area contributed by atoms with Crippen LogP contribution in [-0.4, -0.2) is 73.7 Å². The zero-order valence-electron chi connectivity index (χ0n) is 14.6. The minimum atomic E-state index is -0.475. The molecule has 3 rings (SSSR count). The molecule has 2 aromatic heterocycles. The van der Waals surface area contributed by atoms with Crippen LogP contribution in [-0.2, 0) is 9.59 Å². The first-order chi connectivity index (χ1) is 12.0. The van der Waals surface area contributed by atoms with Crippen molar-refractivity contribution in [2.75, 3.05) is 26.2 Å². The van der Waals surface area contributed by atoms with Gasteiger partial charge in [-0.2, -0.15) is 4.52 Å². The first-order valence-corrected chi connectivity index (χ1v) is 8.34. The van der Waals surface area contributed by atoms with Crippen molar-refractivity contribution in [1.82, 2.24) is 29.6 Å². The molecular formula is C16H22N6O3. The van der Waals surface area contributed by atoms with Gasteiger partial charge in [-0.15, -0.1) is 15.3 Å². The zero-order chi connectivity index (χ0) is 18.0. The highest BCUT2D eigenvalue weighted by molar-refractivity contribution is 5.89. The molecule has 25 heavy (non-hydrogen) atoms. The van der Waals surface area contributed by atoms with E-state index in [0.29, 0.717) is 37.1 Å². The molecule has 1 fully saturated rings. The Morgan fingerprint density at radius 3 is 2.92 bits per heavy atom. The largest absolute Gasteiger partial charge is 0.467 e. The number of hydrogen-bond donors (Lipinski definition) is 0. The first kappa shape index (κ1) is 17.1. The van der Waals surface area contributed by atoms with E-state index in [9.17, 15) is 9.59 Å². The number of nitrogens with zero attached hydrogens (tertiary/aromatic N) is 6. The Bertz CT molecular complexity index is 774. The molecule has 134 valence electrons. The van der Waals surface area contributed by atoms with Crippen LogP contribution in [0.3, 0.4) is 0 Å². The van der Waals surface area contributed by atoms with Gasteiger partial charge >= 0.3 is 0 Å². The van der Waals surface area contributed by atoms with Crippen molar-refractivity contribution in [3.63, 3.8) is 0 Å². The quantitative estimate of drug-likeness (QED) is 0.769. The fourth-order valence-electron chi connectivity index (χ4n) is 2.90. The van der Waals surface area contributed by atoms with Crippen molar-refractivity contribution in [3.05, 3.63) is 18.5 Å². The molecule has 0 aromatic carbocycles. The van der Waals surface area contributed by atoms with E-state index in [0.717, 1.165) is 0 Å². The maximum absolute atomic E-state index is 12.4. The van der Waals surface area contributed by atoms with Crippen LogP contribution in [0.5, 0.6) is 5.88 Å². The molecule has 0 radical (unpaired) electrons. The summed E-state index contributed by atoms with van der Waals surface area (Å²) in [6, 6.07) is 2.86. The fraction of sp³-hybridized carbons (Fsp3) is 0.562. The van der Waals surface area contributed by atoms with Gasteiger partial charge in [0, 0.05) is 25.7 Å². The highest BCUT2D eigenvalue weighted by Crippen LogP contribution is 2.14. The van der Waals surface area contributed by atoms with Crippen molar-refractivity contribution in [1.29, 1.82) is 0 Å². The summed E-state index contributed by atoms with van der Waals surface area (Å²) in [6.07, 6.45) is 1.46. The average molecular weight is 346 g/mol. The lowest BCUT2D eigenvalue weighted by Crippen LogP contribution is -2.58. The molecule has 0 saturated carbocycles. The van der Waals surface area contributed by atoms with Gasteiger partial charge in [-0.3, -0.25) is 9.59 Å². The van der Waals surface area contributed by atoms with Crippen LogP contribution in [0.2, 0.25) is 0 Å². The molecule has 1 unspecified atom stereocenters. The van der Waals surface area contributed by atoms with Gasteiger partial charge in [0.2, 0.25) is 11.8 Å². The number of aromatic nitrogens is 4. The van der Waals surface area contributed by atoms with Crippen LogP contribution in [0.1, 0.15) is 20.8 Å². The second-order valence-corrected chi connectivity index (χ2v) is 6.54. The number of hydrogen-bond acceptors (Lipinski definition) is 6. The van der Waals surface area contributed by atoms with E-state index >= 15 is 0 Å². The number of carbonyl (C=O) groups excluding carboxylic acids is 2. The van der Waals surface area contributed by atoms with Crippen LogP contribution in [0.15, 0.2) is 18.5 Å². The second-order valence-electron chi connectivity index (χ2n) is 6.54. The third-order valence-corrected chi connectivity index (χ3v) is 4.13. The summed E-state index contributed by atoms with van der Waals surface area (Å²) < 4.78 is 6.94. The van der Waals surface area contributed by atoms with Gasteiger partial charge in [-0.05, 0) is 18.9 Å². The van der Waals surface area contributed by atoms with Gasteiger partial charge in [-0.1, -0.05) is 13.8 Å². The Balaban J connectivity index is 1.58. The third kappa shape index (κ3) is 3.70. The molecule has 2 amide bonds. The van der Waals surface area contributed by atoms with Crippen molar-refractivity contribution in [2.24, 2.45) is 5.92 Å². The number of piperazine rings is 1. The molecule has 1 aliphatic rings. The van der Waals surface area contributed by atoms with Gasteiger partial charge < -0.3 is 14.5 Å². The highest BCUT2D eigenvalue weighted by atomic mass is 16.5. The van der Waals surface area contributed by atoms with E-state index in [1.165, 1.54) is 10.8 Å².